The van der Waals surface area contributed by atoms with Gasteiger partial charge in [-0.3, -0.25) is 9.88 Å². The van der Waals surface area contributed by atoms with Crippen LogP contribution in [0.5, 0.6) is 11.5 Å². The van der Waals surface area contributed by atoms with Crippen LogP contribution in [-0.2, 0) is 30.6 Å². The SMILES string of the molecule is CCOC(=O)c1c(CSc2ccccn2)n(C)c2cc(-c3cccnc3)c3c(c12)CN(Cc1ccc(OC)cc1)C(c1ccccc1)O3. The number of carbonyl (C=O) groups is 1. The van der Waals surface area contributed by atoms with Crippen molar-refractivity contribution in [2.45, 2.75) is 37.0 Å². The first-order chi connectivity index (χ1) is 23.6. The largest absolute Gasteiger partial charge is 0.497 e. The summed E-state index contributed by atoms with van der Waals surface area (Å²) in [5, 5.41) is 1.73. The summed E-state index contributed by atoms with van der Waals surface area (Å²) in [5.74, 6) is 1.75. The molecule has 48 heavy (non-hydrogen) atoms. The number of pyridine rings is 2. The van der Waals surface area contributed by atoms with Crippen LogP contribution in [0.2, 0.25) is 0 Å². The molecule has 0 spiro atoms. The second kappa shape index (κ2) is 13.9. The van der Waals surface area contributed by atoms with Gasteiger partial charge in [-0.1, -0.05) is 54.6 Å². The number of hydrogen-bond acceptors (Lipinski definition) is 8. The number of methoxy groups -OCH3 is 1. The molecule has 242 valence electrons. The molecule has 3 aromatic carbocycles. The summed E-state index contributed by atoms with van der Waals surface area (Å²) in [7, 11) is 3.69. The van der Waals surface area contributed by atoms with Gasteiger partial charge in [-0.2, -0.15) is 0 Å². The van der Waals surface area contributed by atoms with Crippen molar-refractivity contribution in [1.82, 2.24) is 19.4 Å². The summed E-state index contributed by atoms with van der Waals surface area (Å²) < 4.78 is 20.4. The fourth-order valence-electron chi connectivity index (χ4n) is 6.37. The summed E-state index contributed by atoms with van der Waals surface area (Å²) >= 11 is 1.59. The van der Waals surface area contributed by atoms with Gasteiger partial charge in [0, 0.05) is 77.8 Å². The Labute approximate surface area is 284 Å². The van der Waals surface area contributed by atoms with Crippen molar-refractivity contribution in [3.63, 3.8) is 0 Å². The molecule has 6 aromatic rings. The summed E-state index contributed by atoms with van der Waals surface area (Å²) in [6.07, 6.45) is 5.04. The number of fused-ring (bicyclic) bond motifs is 3. The Bertz CT molecular complexity index is 2030. The van der Waals surface area contributed by atoms with E-state index in [1.54, 1.807) is 31.3 Å². The van der Waals surface area contributed by atoms with Gasteiger partial charge in [0.1, 0.15) is 11.5 Å². The fraction of sp³-hybridized carbons (Fsp3) is 0.205. The minimum Gasteiger partial charge on any atom is -0.497 e. The van der Waals surface area contributed by atoms with E-state index in [-0.39, 0.29) is 18.8 Å². The standard InChI is InChI=1S/C39H36N4O4S/c1-4-46-39(44)36-33(25-48-34-14-8-9-20-41-34)42(2)32-21-30(28-13-10-19-40-22-28)37-31(35(32)36)24-43(23-26-15-17-29(45-3)18-16-26)38(47-37)27-11-6-5-7-12-27/h5-22,38H,4,23-25H2,1-3H3. The molecular weight excluding hydrogens is 621 g/mol. The lowest BCUT2D eigenvalue weighted by Gasteiger charge is -2.38. The monoisotopic (exact) mass is 656 g/mol. The highest BCUT2D eigenvalue weighted by molar-refractivity contribution is 7.98. The van der Waals surface area contributed by atoms with Gasteiger partial charge in [0.15, 0.2) is 6.23 Å². The maximum atomic E-state index is 13.9. The number of rotatable bonds is 10. The molecule has 0 N–H and O–H groups in total. The van der Waals surface area contributed by atoms with E-state index in [4.69, 9.17) is 14.2 Å². The molecule has 0 saturated heterocycles. The highest BCUT2D eigenvalue weighted by Crippen LogP contribution is 2.48. The molecule has 0 fully saturated rings. The van der Waals surface area contributed by atoms with Gasteiger partial charge in [-0.05, 0) is 48.9 Å². The molecule has 8 nitrogen and oxygen atoms in total. The maximum Gasteiger partial charge on any atom is 0.340 e. The minimum absolute atomic E-state index is 0.272. The molecule has 1 aliphatic heterocycles. The number of carbonyl (C=O) groups excluding carboxylic acids is 1. The fourth-order valence-corrected chi connectivity index (χ4v) is 7.30. The Morgan fingerprint density at radius 1 is 1.00 bits per heavy atom. The summed E-state index contributed by atoms with van der Waals surface area (Å²) in [6, 6.07) is 30.4. The summed E-state index contributed by atoms with van der Waals surface area (Å²) in [6.45, 7) is 3.26. The predicted octanol–water partition coefficient (Wildman–Crippen LogP) is 8.21. The molecular formula is C39H36N4O4S. The zero-order valence-electron chi connectivity index (χ0n) is 27.1. The first-order valence-electron chi connectivity index (χ1n) is 15.9. The van der Waals surface area contributed by atoms with Crippen molar-refractivity contribution in [1.29, 1.82) is 0 Å². The van der Waals surface area contributed by atoms with Crippen molar-refractivity contribution in [2.75, 3.05) is 13.7 Å². The lowest BCUT2D eigenvalue weighted by molar-refractivity contribution is -0.00771. The molecule has 1 unspecified atom stereocenters. The van der Waals surface area contributed by atoms with E-state index >= 15 is 0 Å². The van der Waals surface area contributed by atoms with E-state index in [0.717, 1.165) is 60.9 Å². The zero-order chi connectivity index (χ0) is 33.0. The number of benzene rings is 3. The van der Waals surface area contributed by atoms with Gasteiger partial charge >= 0.3 is 5.97 Å². The highest BCUT2D eigenvalue weighted by atomic mass is 32.2. The molecule has 4 heterocycles. The topological polar surface area (TPSA) is 78.7 Å². The third-order valence-electron chi connectivity index (χ3n) is 8.66. The molecule has 0 radical (unpaired) electrons. The molecule has 0 amide bonds. The van der Waals surface area contributed by atoms with Gasteiger partial charge in [0.2, 0.25) is 0 Å². The molecule has 3 aromatic heterocycles. The molecule has 0 bridgehead atoms. The van der Waals surface area contributed by atoms with Gasteiger partial charge in [-0.25, -0.2) is 9.78 Å². The molecule has 0 aliphatic carbocycles. The van der Waals surface area contributed by atoms with E-state index in [2.05, 4.69) is 49.8 Å². The Morgan fingerprint density at radius 2 is 1.81 bits per heavy atom. The lowest BCUT2D eigenvalue weighted by Crippen LogP contribution is -2.36. The van der Waals surface area contributed by atoms with Crippen molar-refractivity contribution < 1.29 is 19.0 Å². The number of ether oxygens (including phenoxy) is 3. The normalized spacial score (nSPS) is 14.4. The van der Waals surface area contributed by atoms with E-state index in [9.17, 15) is 4.79 Å². The van der Waals surface area contributed by atoms with Gasteiger partial charge in [-0.15, -0.1) is 11.8 Å². The van der Waals surface area contributed by atoms with Crippen LogP contribution in [0.15, 0.2) is 115 Å². The number of esters is 1. The van der Waals surface area contributed by atoms with Crippen molar-refractivity contribution in [3.05, 3.63) is 138 Å². The number of aromatic nitrogens is 3. The smallest absolute Gasteiger partial charge is 0.340 e. The van der Waals surface area contributed by atoms with Crippen molar-refractivity contribution in [2.24, 2.45) is 7.05 Å². The Kier molecular flexibility index (Phi) is 9.14. The highest BCUT2D eigenvalue weighted by Gasteiger charge is 2.36. The van der Waals surface area contributed by atoms with Crippen LogP contribution >= 0.6 is 11.8 Å². The molecule has 9 heteroatoms. The summed E-state index contributed by atoms with van der Waals surface area (Å²) in [5.41, 5.74) is 7.34. The van der Waals surface area contributed by atoms with E-state index in [0.29, 0.717) is 24.4 Å². The number of aryl methyl sites for hydroxylation is 1. The second-order valence-electron chi connectivity index (χ2n) is 11.6. The second-order valence-corrected chi connectivity index (χ2v) is 12.6. The lowest BCUT2D eigenvalue weighted by atomic mass is 9.94. The van der Waals surface area contributed by atoms with Gasteiger partial charge < -0.3 is 18.8 Å². The van der Waals surface area contributed by atoms with E-state index < -0.39 is 0 Å². The average Bonchev–Trinajstić information content (AvgIpc) is 3.42. The van der Waals surface area contributed by atoms with E-state index in [1.165, 1.54) is 0 Å². The molecule has 1 aliphatic rings. The van der Waals surface area contributed by atoms with Crippen LogP contribution in [0.3, 0.4) is 0 Å². The Balaban J connectivity index is 1.44. The van der Waals surface area contributed by atoms with Gasteiger partial charge in [0.25, 0.3) is 0 Å². The first-order valence-corrected chi connectivity index (χ1v) is 16.9. The van der Waals surface area contributed by atoms with Crippen LogP contribution < -0.4 is 9.47 Å². The van der Waals surface area contributed by atoms with Crippen LogP contribution in [0, 0.1) is 0 Å². The van der Waals surface area contributed by atoms with Crippen LogP contribution in [0.25, 0.3) is 22.0 Å². The zero-order valence-corrected chi connectivity index (χ0v) is 27.9. The predicted molar refractivity (Wildman–Crippen MR) is 188 cm³/mol. The maximum absolute atomic E-state index is 13.9. The first kappa shape index (κ1) is 31.5. The third-order valence-corrected chi connectivity index (χ3v) is 9.62. The minimum atomic E-state index is -0.373. The van der Waals surface area contributed by atoms with Crippen LogP contribution in [-0.4, -0.2) is 39.1 Å². The number of hydrogen-bond donors (Lipinski definition) is 0. The molecule has 0 saturated carbocycles. The van der Waals surface area contributed by atoms with Gasteiger partial charge in [0.05, 0.1) is 29.8 Å². The number of thioether (sulfide) groups is 1. The van der Waals surface area contributed by atoms with Crippen LogP contribution in [0.4, 0.5) is 0 Å². The van der Waals surface area contributed by atoms with Crippen molar-refractivity contribution in [3.8, 4) is 22.6 Å². The van der Waals surface area contributed by atoms with Crippen molar-refractivity contribution >= 4 is 28.6 Å². The Morgan fingerprint density at radius 3 is 2.52 bits per heavy atom. The van der Waals surface area contributed by atoms with Crippen LogP contribution in [0.1, 0.15) is 45.9 Å². The average molecular weight is 657 g/mol. The molecule has 7 rings (SSSR count). The summed E-state index contributed by atoms with van der Waals surface area (Å²) in [4.78, 5) is 25.2. The molecule has 1 atom stereocenters. The Hall–Kier alpha value is -5.12. The quantitative estimate of drug-likeness (QED) is 0.108. The third kappa shape index (κ3) is 6.14. The van der Waals surface area contributed by atoms with E-state index in [1.807, 2.05) is 80.8 Å². The number of nitrogens with zero attached hydrogens (tertiary/aromatic N) is 4.